The Morgan fingerprint density at radius 2 is 1.76 bits per heavy atom. The highest BCUT2D eigenvalue weighted by molar-refractivity contribution is 6.46. The largest absolute Gasteiger partial charge is 0.507 e. The molecule has 1 unspecified atom stereocenters. The van der Waals surface area contributed by atoms with Crippen molar-refractivity contribution in [1.82, 2.24) is 4.90 Å². The van der Waals surface area contributed by atoms with E-state index in [0.717, 1.165) is 0 Å². The molecule has 1 heterocycles. The fourth-order valence-corrected chi connectivity index (χ4v) is 5.01. The molecule has 1 fully saturated rings. The Hall–Kier alpha value is -3.68. The Bertz CT molecular complexity index is 1390. The second-order valence-corrected chi connectivity index (χ2v) is 9.06. The molecule has 3 aromatic rings. The summed E-state index contributed by atoms with van der Waals surface area (Å²) in [5.74, 6) is -0.820. The van der Waals surface area contributed by atoms with Gasteiger partial charge in [-0.05, 0) is 42.8 Å². The lowest BCUT2D eigenvalue weighted by Gasteiger charge is -2.26. The van der Waals surface area contributed by atoms with Crippen LogP contribution in [0, 0.1) is 0 Å². The molecule has 0 aliphatic carbocycles. The van der Waals surface area contributed by atoms with Gasteiger partial charge in [0.1, 0.15) is 23.0 Å². The maximum atomic E-state index is 13.5. The van der Waals surface area contributed by atoms with E-state index in [1.165, 1.54) is 31.3 Å². The van der Waals surface area contributed by atoms with Gasteiger partial charge in [-0.15, -0.1) is 0 Å². The Morgan fingerprint density at radius 3 is 2.46 bits per heavy atom. The molecule has 7 nitrogen and oxygen atoms in total. The first-order chi connectivity index (χ1) is 17.8. The monoisotopic (exact) mass is 541 g/mol. The molecule has 1 atom stereocenters. The van der Waals surface area contributed by atoms with E-state index >= 15 is 0 Å². The van der Waals surface area contributed by atoms with Gasteiger partial charge >= 0.3 is 0 Å². The van der Waals surface area contributed by atoms with Crippen LogP contribution in [0.1, 0.15) is 29.7 Å². The van der Waals surface area contributed by atoms with Crippen LogP contribution in [0.4, 0.5) is 0 Å². The number of para-hydroxylation sites is 1. The van der Waals surface area contributed by atoms with E-state index in [1.54, 1.807) is 30.3 Å². The Kier molecular flexibility index (Phi) is 7.95. The second-order valence-electron chi connectivity index (χ2n) is 8.21. The van der Waals surface area contributed by atoms with Gasteiger partial charge in [0.15, 0.2) is 0 Å². The van der Waals surface area contributed by atoms with Crippen molar-refractivity contribution in [2.75, 3.05) is 20.8 Å². The Morgan fingerprint density at radius 1 is 1.00 bits per heavy atom. The molecule has 1 amide bonds. The number of hydrogen-bond acceptors (Lipinski definition) is 6. The summed E-state index contributed by atoms with van der Waals surface area (Å²) in [7, 11) is 2.92. The van der Waals surface area contributed by atoms with E-state index in [9.17, 15) is 14.7 Å². The quantitative estimate of drug-likeness (QED) is 0.213. The van der Waals surface area contributed by atoms with Gasteiger partial charge in [-0.2, -0.15) is 0 Å². The number of carbonyl (C=O) groups excluding carboxylic acids is 2. The van der Waals surface area contributed by atoms with Gasteiger partial charge in [0.05, 0.1) is 49.6 Å². The van der Waals surface area contributed by atoms with Gasteiger partial charge in [-0.25, -0.2) is 0 Å². The highest BCUT2D eigenvalue weighted by Gasteiger charge is 2.46. The summed E-state index contributed by atoms with van der Waals surface area (Å²) < 4.78 is 16.5. The molecule has 0 radical (unpaired) electrons. The molecule has 1 aliphatic heterocycles. The zero-order valence-electron chi connectivity index (χ0n) is 20.5. The van der Waals surface area contributed by atoms with Gasteiger partial charge in [-0.1, -0.05) is 53.5 Å². The Balaban J connectivity index is 1.95. The molecule has 4 rings (SSSR count). The zero-order valence-corrected chi connectivity index (χ0v) is 22.0. The van der Waals surface area contributed by atoms with Crippen LogP contribution in [0.25, 0.3) is 5.76 Å². The number of aliphatic hydroxyl groups is 1. The summed E-state index contributed by atoms with van der Waals surface area (Å²) in [6.45, 7) is 2.35. The van der Waals surface area contributed by atoms with Crippen LogP contribution < -0.4 is 14.2 Å². The minimum Gasteiger partial charge on any atom is -0.507 e. The van der Waals surface area contributed by atoms with Crippen molar-refractivity contribution in [3.8, 4) is 17.2 Å². The summed E-state index contributed by atoms with van der Waals surface area (Å²) in [4.78, 5) is 28.3. The van der Waals surface area contributed by atoms with E-state index in [2.05, 4.69) is 0 Å². The molecule has 0 saturated carbocycles. The number of halogens is 2. The summed E-state index contributed by atoms with van der Waals surface area (Å²) >= 11 is 12.5. The number of carbonyl (C=O) groups is 2. The molecule has 1 N–H and O–H groups in total. The van der Waals surface area contributed by atoms with Crippen LogP contribution in [-0.2, 0) is 16.1 Å². The summed E-state index contributed by atoms with van der Waals surface area (Å²) in [5, 5.41) is 11.9. The number of methoxy groups -OCH3 is 2. The van der Waals surface area contributed by atoms with Crippen molar-refractivity contribution in [1.29, 1.82) is 0 Å². The topological polar surface area (TPSA) is 85.3 Å². The molecule has 1 saturated heterocycles. The van der Waals surface area contributed by atoms with Gasteiger partial charge in [0.2, 0.25) is 0 Å². The lowest BCUT2D eigenvalue weighted by Crippen LogP contribution is -2.29. The fraction of sp³-hybridized carbons (Fsp3) is 0.214. The highest BCUT2D eigenvalue weighted by atomic mass is 35.5. The number of nitrogens with zero attached hydrogens (tertiary/aromatic N) is 1. The molecular weight excluding hydrogens is 517 g/mol. The summed E-state index contributed by atoms with van der Waals surface area (Å²) in [6, 6.07) is 16.2. The SMILES string of the molecule is CCOc1cccc(C2/C(=C(\O)c3cc(Cl)cc(Cl)c3OC)C(=O)C(=O)N2Cc2ccccc2OC)c1. The van der Waals surface area contributed by atoms with Gasteiger partial charge < -0.3 is 24.2 Å². The third-order valence-corrected chi connectivity index (χ3v) is 6.52. The van der Waals surface area contributed by atoms with E-state index in [-0.39, 0.29) is 33.5 Å². The zero-order chi connectivity index (χ0) is 26.7. The van der Waals surface area contributed by atoms with Gasteiger partial charge in [0.25, 0.3) is 11.7 Å². The number of Topliss-reactive ketones (excluding diaryl/α,β-unsaturated/α-hetero) is 1. The first-order valence-electron chi connectivity index (χ1n) is 11.5. The minimum absolute atomic E-state index is 0.0579. The number of ether oxygens (including phenoxy) is 3. The van der Waals surface area contributed by atoms with Crippen molar-refractivity contribution in [3.63, 3.8) is 0 Å². The van der Waals surface area contributed by atoms with Crippen molar-refractivity contribution < 1.29 is 28.9 Å². The van der Waals surface area contributed by atoms with Crippen LogP contribution in [0.3, 0.4) is 0 Å². The Labute approximate surface area is 224 Å². The van der Waals surface area contributed by atoms with E-state index in [1.807, 2.05) is 25.1 Å². The smallest absolute Gasteiger partial charge is 0.295 e. The third-order valence-electron chi connectivity index (χ3n) is 6.03. The van der Waals surface area contributed by atoms with Crippen molar-refractivity contribution in [3.05, 3.63) is 93.0 Å². The molecule has 192 valence electrons. The second kappa shape index (κ2) is 11.2. The highest BCUT2D eigenvalue weighted by Crippen LogP contribution is 2.44. The fourth-order valence-electron chi connectivity index (χ4n) is 4.44. The number of rotatable bonds is 8. The normalized spacial score (nSPS) is 16.7. The van der Waals surface area contributed by atoms with E-state index in [0.29, 0.717) is 29.2 Å². The standard InChI is InChI=1S/C28H25Cl2NO6/c1-4-37-19-10-7-9-16(12-19)24-23(25(32)20-13-18(29)14-21(30)27(20)36-3)26(33)28(34)31(24)15-17-8-5-6-11-22(17)35-2/h5-14,24,32H,4,15H2,1-3H3/b25-23+. The van der Waals surface area contributed by atoms with E-state index < -0.39 is 23.5 Å². The van der Waals surface area contributed by atoms with Crippen molar-refractivity contribution >= 4 is 40.7 Å². The van der Waals surface area contributed by atoms with Gasteiger partial charge in [-0.3, -0.25) is 9.59 Å². The molecule has 1 aliphatic rings. The lowest BCUT2D eigenvalue weighted by molar-refractivity contribution is -0.140. The van der Waals surface area contributed by atoms with Crippen LogP contribution in [-0.4, -0.2) is 42.5 Å². The molecule has 0 spiro atoms. The number of ketones is 1. The summed E-state index contributed by atoms with van der Waals surface area (Å²) in [6.07, 6.45) is 0. The number of amides is 1. The number of likely N-dealkylation sites (tertiary alicyclic amines) is 1. The predicted molar refractivity (Wildman–Crippen MR) is 141 cm³/mol. The predicted octanol–water partition coefficient (Wildman–Crippen LogP) is 6.03. The van der Waals surface area contributed by atoms with Crippen LogP contribution in [0.2, 0.25) is 10.0 Å². The van der Waals surface area contributed by atoms with Gasteiger partial charge in [0, 0.05) is 10.6 Å². The first-order valence-corrected chi connectivity index (χ1v) is 12.2. The average Bonchev–Trinajstić information content (AvgIpc) is 3.13. The van der Waals surface area contributed by atoms with E-state index in [4.69, 9.17) is 37.4 Å². The molecular formula is C28H25Cl2NO6. The number of aliphatic hydroxyl groups excluding tert-OH is 1. The molecule has 37 heavy (non-hydrogen) atoms. The minimum atomic E-state index is -0.937. The maximum Gasteiger partial charge on any atom is 0.295 e. The molecule has 3 aromatic carbocycles. The molecule has 9 heteroatoms. The summed E-state index contributed by atoms with van der Waals surface area (Å²) in [5.41, 5.74) is 1.25. The first kappa shape index (κ1) is 26.4. The number of benzene rings is 3. The maximum absolute atomic E-state index is 13.5. The van der Waals surface area contributed by atoms with Crippen LogP contribution in [0.15, 0.2) is 66.2 Å². The van der Waals surface area contributed by atoms with Crippen molar-refractivity contribution in [2.45, 2.75) is 19.5 Å². The molecule has 0 bridgehead atoms. The molecule has 0 aromatic heterocycles. The number of hydrogen-bond donors (Lipinski definition) is 1. The lowest BCUT2D eigenvalue weighted by atomic mass is 9.94. The van der Waals surface area contributed by atoms with Crippen LogP contribution in [0.5, 0.6) is 17.2 Å². The van der Waals surface area contributed by atoms with Crippen LogP contribution >= 0.6 is 23.2 Å². The average molecular weight is 542 g/mol. The van der Waals surface area contributed by atoms with Crippen molar-refractivity contribution in [2.24, 2.45) is 0 Å². The third kappa shape index (κ3) is 5.10.